The van der Waals surface area contributed by atoms with E-state index in [0.29, 0.717) is 54.8 Å². The highest BCUT2D eigenvalue weighted by atomic mass is 16.4. The molecule has 0 amide bonds. The molecular weight excluding hydrogens is 1120 g/mol. The Kier molecular flexibility index (Phi) is 14.4. The van der Waals surface area contributed by atoms with Crippen LogP contribution in [-0.4, -0.2) is 46.6 Å². The normalized spacial score (nSPS) is 42.6. The lowest BCUT2D eigenvalue weighted by molar-refractivity contribution is -0.171. The molecule has 6 fully saturated rings. The Labute approximate surface area is 550 Å². The van der Waals surface area contributed by atoms with E-state index in [2.05, 4.69) is 160 Å². The molecule has 5 N–H and O–H groups in total. The average Bonchev–Trinajstić information content (AvgIpc) is 1.20. The number of hydrogen-bond acceptors (Lipinski definition) is 5. The van der Waals surface area contributed by atoms with E-state index < -0.39 is 40.3 Å². The standard InChI is InChI=1S/C86H106N2O4/c1-53(2)42-64-31-36-80(4)75(89)35-39-84-70-32-37-81(5)85-40-34-69-71(33-38-82(69)47-61-27-26-59(45-63(61)48-82)56-17-8-6-9-18-56)86(81,51-76(85)90)74(70)50-83(64,79(80)84)49-68-67(66-23-13-12-21-60(66)46-73(68)84)44-55-16-14-22-58(43-55)62-28-30-77(88-52-62)87-41-15-24-65(57-19-10-7-11-20-57)54(3)25-29-72(85)78(91)92/h6,8-9,12-14,16-18,21-23,28,30-31,34,40,43,46,49,53,57,59,61,63,65,69,71-73,75-76,79,87-90H,3,7,10-11,15,19-20,24-27,29,32-33,35-39,41-42,44-45,47-48,50-52H2,1-2,4-5H3,(H,91,92)/t59-,61-,63+,65+,69-,71+,72-,73+,75-,76+,79+,80+,81+,82+,83+,84+,85-,86+/m0/s1. The minimum Gasteiger partial charge on any atom is -0.481 e. The zero-order chi connectivity index (χ0) is 62.7. The number of aliphatic carboxylic acids is 1. The van der Waals surface area contributed by atoms with Crippen molar-refractivity contribution >= 4 is 23.2 Å². The minimum atomic E-state index is -0.981. The van der Waals surface area contributed by atoms with Gasteiger partial charge in [0.2, 0.25) is 0 Å². The van der Waals surface area contributed by atoms with Gasteiger partial charge in [-0.1, -0.05) is 191 Å². The smallest absolute Gasteiger partial charge is 0.307 e. The third-order valence-electron chi connectivity index (χ3n) is 30.4. The lowest BCUT2D eigenvalue weighted by Gasteiger charge is -2.74. The first kappa shape index (κ1) is 60.3. The second kappa shape index (κ2) is 22.1. The Balaban J connectivity index is 0.892. The molecule has 3 aromatic rings. The van der Waals surface area contributed by atoms with Crippen LogP contribution < -0.4 is 21.1 Å². The summed E-state index contributed by atoms with van der Waals surface area (Å²) in [6.07, 6.45) is 42.9. The number of hydrogen-bond donors (Lipinski definition) is 5. The molecule has 6 saturated carbocycles. The summed E-state index contributed by atoms with van der Waals surface area (Å²) < 4.78 is 0. The highest BCUT2D eigenvalue weighted by Crippen LogP contribution is 2.87. The Morgan fingerprint density at radius 3 is 2.41 bits per heavy atom. The summed E-state index contributed by atoms with van der Waals surface area (Å²) in [4.78, 5) is 15.3. The fraction of sp³-hybridized carbons (Fsp3) is 0.593. The predicted octanol–water partition coefficient (Wildman–Crippen LogP) is 16.8. The molecule has 0 aromatic heterocycles. The van der Waals surface area contributed by atoms with E-state index in [0.717, 1.165) is 95.5 Å². The number of dihydropyridines is 1. The molecule has 0 unspecified atom stereocenters. The Bertz CT molecular complexity index is 3830. The number of carboxylic acid groups (broad SMARTS) is 1. The third kappa shape index (κ3) is 8.50. The molecule has 0 saturated heterocycles. The van der Waals surface area contributed by atoms with Gasteiger partial charge in [0, 0.05) is 46.1 Å². The number of fused-ring (bicyclic) bond motifs is 4. The van der Waals surface area contributed by atoms with E-state index in [1.54, 1.807) is 16.7 Å². The first-order valence-electron chi connectivity index (χ1n) is 37.5. The molecule has 92 heavy (non-hydrogen) atoms. The van der Waals surface area contributed by atoms with E-state index in [1.807, 2.05) is 0 Å². The first-order valence-corrected chi connectivity index (χ1v) is 37.5. The Hall–Kier alpha value is -5.43. The molecule has 14 bridgehead atoms. The van der Waals surface area contributed by atoms with Crippen LogP contribution in [0.5, 0.6) is 0 Å². The zero-order valence-electron chi connectivity index (χ0n) is 56.1. The molecule has 18 atom stereocenters. The molecule has 3 aromatic carbocycles. The van der Waals surface area contributed by atoms with Crippen molar-refractivity contribution in [3.05, 3.63) is 183 Å². The number of nitrogens with one attached hydrogen (secondary N) is 2. The second-order valence-corrected chi connectivity index (χ2v) is 34.4. The van der Waals surface area contributed by atoms with E-state index in [9.17, 15) is 15.3 Å². The number of rotatable bonds is 5. The highest BCUT2D eigenvalue weighted by Gasteiger charge is 2.81. The van der Waals surface area contributed by atoms with Gasteiger partial charge in [-0.2, -0.15) is 0 Å². The minimum absolute atomic E-state index is 0.0981. The maximum atomic E-state index is 15.3. The van der Waals surface area contributed by atoms with Gasteiger partial charge in [-0.15, -0.1) is 0 Å². The topological polar surface area (TPSA) is 102 Å². The summed E-state index contributed by atoms with van der Waals surface area (Å²) in [6.45, 7) is 16.7. The molecule has 18 aliphatic rings. The van der Waals surface area contributed by atoms with E-state index in [-0.39, 0.29) is 39.4 Å². The molecule has 484 valence electrons. The van der Waals surface area contributed by atoms with Crippen molar-refractivity contribution in [2.24, 2.45) is 97.1 Å². The molecule has 6 heteroatoms. The summed E-state index contributed by atoms with van der Waals surface area (Å²) in [7, 11) is 0. The number of aliphatic hydroxyl groups excluding tert-OH is 2. The van der Waals surface area contributed by atoms with E-state index >= 15 is 4.79 Å². The first-order chi connectivity index (χ1) is 44.6. The molecule has 12 aliphatic carbocycles. The van der Waals surface area contributed by atoms with Gasteiger partial charge in [-0.25, -0.2) is 0 Å². The Morgan fingerprint density at radius 1 is 0.772 bits per heavy atom. The van der Waals surface area contributed by atoms with Gasteiger partial charge < -0.3 is 26.0 Å². The fourth-order valence-electron chi connectivity index (χ4n) is 27.0. The van der Waals surface area contributed by atoms with Gasteiger partial charge in [0.25, 0.3) is 0 Å². The summed E-state index contributed by atoms with van der Waals surface area (Å²) >= 11 is 0. The molecule has 6 heterocycles. The fourth-order valence-corrected chi connectivity index (χ4v) is 27.0. The highest BCUT2D eigenvalue weighted by molar-refractivity contribution is 5.78. The van der Waals surface area contributed by atoms with Gasteiger partial charge in [-0.3, -0.25) is 4.79 Å². The van der Waals surface area contributed by atoms with Crippen LogP contribution in [0.1, 0.15) is 204 Å². The van der Waals surface area contributed by atoms with Crippen LogP contribution in [-0.2, 0) is 11.2 Å². The largest absolute Gasteiger partial charge is 0.481 e. The SMILES string of the molecule is C=C1CC[C@@H](C(=O)O)[C@@]23C=C[C@H]4[C@@H](CC[C@@]45C[C@H]4C[C@@H](c6ccccc6)CC[C@H]4C5)[C@]4(C[C@H]2O)C2=C(CC[C@]34C)[C@]34CC[C@H](O)[C@@]5(C)CC=C(CC(C)C)[C@@](C=C6C(=c7ccccc7=C[C@H]63)Cc3cccc(c3)C3=CC=C(NCCC[C@H]1C1CCCCC1)NC3)(C2)[C@@H]54. The van der Waals surface area contributed by atoms with Crippen molar-refractivity contribution in [2.45, 2.75) is 206 Å². The monoisotopic (exact) mass is 1230 g/mol. The van der Waals surface area contributed by atoms with Crippen molar-refractivity contribution < 1.29 is 20.1 Å². The van der Waals surface area contributed by atoms with Gasteiger partial charge in [0.05, 0.1) is 23.9 Å². The van der Waals surface area contributed by atoms with Crippen molar-refractivity contribution in [3.8, 4) is 0 Å². The van der Waals surface area contributed by atoms with Crippen LogP contribution >= 0.6 is 0 Å². The third-order valence-corrected chi connectivity index (χ3v) is 30.4. The zero-order valence-corrected chi connectivity index (χ0v) is 56.1. The van der Waals surface area contributed by atoms with Crippen molar-refractivity contribution in [1.82, 2.24) is 10.6 Å². The Morgan fingerprint density at radius 2 is 1.60 bits per heavy atom. The molecular formula is C86H106N2O4. The van der Waals surface area contributed by atoms with Gasteiger partial charge in [-0.05, 0) is 255 Å². The summed E-state index contributed by atoms with van der Waals surface area (Å²) in [5, 5.41) is 50.1. The number of carboxylic acids is 1. The number of carbonyl (C=O) groups is 1. The van der Waals surface area contributed by atoms with Crippen LogP contribution in [0.3, 0.4) is 0 Å². The molecule has 3 spiro atoms. The quantitative estimate of drug-likeness (QED) is 0.163. The van der Waals surface area contributed by atoms with E-state index in [4.69, 9.17) is 6.58 Å². The van der Waals surface area contributed by atoms with Crippen molar-refractivity contribution in [3.63, 3.8) is 0 Å². The molecule has 0 radical (unpaired) electrons. The lowest BCUT2D eigenvalue weighted by Crippen LogP contribution is -2.69. The number of aliphatic hydroxyl groups is 2. The number of benzene rings is 3. The molecule has 6 nitrogen and oxygen atoms in total. The molecule has 21 rings (SSSR count). The predicted molar refractivity (Wildman–Crippen MR) is 372 cm³/mol. The van der Waals surface area contributed by atoms with Crippen LogP contribution in [0.25, 0.3) is 17.2 Å². The summed E-state index contributed by atoms with van der Waals surface area (Å²) in [5.74, 6) is 3.83. The van der Waals surface area contributed by atoms with Crippen molar-refractivity contribution in [1.29, 1.82) is 0 Å². The van der Waals surface area contributed by atoms with Crippen LogP contribution in [0.15, 0.2) is 156 Å². The number of allylic oxidation sites excluding steroid dienone is 10. The van der Waals surface area contributed by atoms with Crippen LogP contribution in [0.4, 0.5) is 0 Å². The summed E-state index contributed by atoms with van der Waals surface area (Å²) in [6, 6.07) is 30.3. The van der Waals surface area contributed by atoms with Gasteiger partial charge in [0.15, 0.2) is 0 Å². The molecule has 6 aliphatic heterocycles. The van der Waals surface area contributed by atoms with E-state index in [1.165, 1.54) is 120 Å². The van der Waals surface area contributed by atoms with Gasteiger partial charge in [0.1, 0.15) is 0 Å². The van der Waals surface area contributed by atoms with Crippen LogP contribution in [0.2, 0.25) is 0 Å². The van der Waals surface area contributed by atoms with Crippen LogP contribution in [0, 0.1) is 97.1 Å². The maximum Gasteiger partial charge on any atom is 0.307 e. The van der Waals surface area contributed by atoms with Crippen molar-refractivity contribution in [2.75, 3.05) is 13.1 Å². The lowest BCUT2D eigenvalue weighted by atomic mass is 9.29. The maximum absolute atomic E-state index is 15.3. The summed E-state index contributed by atoms with van der Waals surface area (Å²) in [5.41, 5.74) is 11.8. The average molecular weight is 1230 g/mol. The second-order valence-electron chi connectivity index (χ2n) is 34.4. The van der Waals surface area contributed by atoms with Gasteiger partial charge >= 0.3 is 5.97 Å².